The minimum Gasteiger partial charge on any atom is -0.378 e. The number of amides is 1. The number of carbonyl (C=O) groups excluding carboxylic acids is 1. The van der Waals surface area contributed by atoms with Crippen LogP contribution in [-0.2, 0) is 9.53 Å². The summed E-state index contributed by atoms with van der Waals surface area (Å²) in [6.07, 6.45) is 4.43. The summed E-state index contributed by atoms with van der Waals surface area (Å²) < 4.78 is 5.48. The van der Waals surface area contributed by atoms with Gasteiger partial charge in [0.15, 0.2) is 0 Å². The molecule has 0 aromatic heterocycles. The molecule has 116 valence electrons. The monoisotopic (exact) mass is 283 g/mol. The van der Waals surface area contributed by atoms with Crippen LogP contribution in [0.2, 0.25) is 0 Å². The topological polar surface area (TPSA) is 67.6 Å². The van der Waals surface area contributed by atoms with Crippen molar-refractivity contribution in [3.8, 4) is 0 Å². The molecular weight excluding hydrogens is 254 g/mol. The first-order chi connectivity index (χ1) is 9.52. The zero-order chi connectivity index (χ0) is 14.6. The summed E-state index contributed by atoms with van der Waals surface area (Å²) in [5.41, 5.74) is 5.96. The molecule has 5 heteroatoms. The van der Waals surface area contributed by atoms with Crippen molar-refractivity contribution in [2.24, 2.45) is 11.1 Å². The average Bonchev–Trinajstić information content (AvgIpc) is 3.23. The van der Waals surface area contributed by atoms with Crippen molar-refractivity contribution in [2.75, 3.05) is 32.8 Å². The zero-order valence-electron chi connectivity index (χ0n) is 12.9. The summed E-state index contributed by atoms with van der Waals surface area (Å²) in [6.45, 7) is 8.17. The Labute approximate surface area is 122 Å². The lowest BCUT2D eigenvalue weighted by Crippen LogP contribution is -2.54. The minimum atomic E-state index is -0.106. The van der Waals surface area contributed by atoms with E-state index in [2.05, 4.69) is 24.1 Å². The Bertz CT molecular complexity index is 329. The van der Waals surface area contributed by atoms with Gasteiger partial charge in [-0.2, -0.15) is 0 Å². The summed E-state index contributed by atoms with van der Waals surface area (Å²) in [6, 6.07) is 0.313. The number of hydrogen-bond acceptors (Lipinski definition) is 4. The normalized spacial score (nSPS) is 24.6. The highest BCUT2D eigenvalue weighted by molar-refractivity contribution is 5.82. The molecule has 20 heavy (non-hydrogen) atoms. The molecule has 2 rings (SSSR count). The standard InChI is InChI=1S/C15H29N3O2/c1-15(2,11-16)6-3-7-18-8-9-20-10-13(18)14(19)17-12-4-5-12/h12-13H,3-11,16H2,1-2H3,(H,17,19). The predicted molar refractivity (Wildman–Crippen MR) is 79.4 cm³/mol. The molecule has 2 aliphatic rings. The van der Waals surface area contributed by atoms with Gasteiger partial charge in [-0.3, -0.25) is 9.69 Å². The Morgan fingerprint density at radius 3 is 2.85 bits per heavy atom. The van der Waals surface area contributed by atoms with E-state index in [-0.39, 0.29) is 17.4 Å². The molecule has 1 unspecified atom stereocenters. The van der Waals surface area contributed by atoms with Crippen LogP contribution in [0.1, 0.15) is 39.5 Å². The third-order valence-electron chi connectivity index (χ3n) is 4.32. The Morgan fingerprint density at radius 1 is 1.45 bits per heavy atom. The van der Waals surface area contributed by atoms with Crippen LogP contribution in [0.5, 0.6) is 0 Å². The lowest BCUT2D eigenvalue weighted by atomic mass is 9.88. The van der Waals surface area contributed by atoms with E-state index in [1.165, 1.54) is 0 Å². The number of hydrogen-bond donors (Lipinski definition) is 2. The van der Waals surface area contributed by atoms with Gasteiger partial charge in [0.1, 0.15) is 6.04 Å². The van der Waals surface area contributed by atoms with E-state index < -0.39 is 0 Å². The molecule has 1 aliphatic carbocycles. The number of carbonyl (C=O) groups is 1. The fourth-order valence-electron chi connectivity index (χ4n) is 2.53. The largest absolute Gasteiger partial charge is 0.378 e. The molecule has 1 saturated carbocycles. The fourth-order valence-corrected chi connectivity index (χ4v) is 2.53. The van der Waals surface area contributed by atoms with Crippen molar-refractivity contribution < 1.29 is 9.53 Å². The predicted octanol–water partition coefficient (Wildman–Crippen LogP) is 0.731. The maximum Gasteiger partial charge on any atom is 0.239 e. The third-order valence-corrected chi connectivity index (χ3v) is 4.32. The van der Waals surface area contributed by atoms with Crippen LogP contribution >= 0.6 is 0 Å². The molecule has 1 atom stereocenters. The highest BCUT2D eigenvalue weighted by atomic mass is 16.5. The molecule has 0 spiro atoms. The molecule has 0 aromatic rings. The third kappa shape index (κ3) is 4.72. The van der Waals surface area contributed by atoms with E-state index in [0.717, 1.165) is 45.4 Å². The molecule has 3 N–H and O–H groups in total. The summed E-state index contributed by atoms with van der Waals surface area (Å²) in [5, 5.41) is 3.09. The van der Waals surface area contributed by atoms with Crippen molar-refractivity contribution in [3.63, 3.8) is 0 Å². The molecule has 1 amide bonds. The molecular formula is C15H29N3O2. The van der Waals surface area contributed by atoms with Crippen LogP contribution in [-0.4, -0.2) is 55.7 Å². The fraction of sp³-hybridized carbons (Fsp3) is 0.933. The van der Waals surface area contributed by atoms with Crippen molar-refractivity contribution >= 4 is 5.91 Å². The number of nitrogens with two attached hydrogens (primary N) is 1. The SMILES string of the molecule is CC(C)(CN)CCCN1CCOCC1C(=O)NC1CC1. The maximum atomic E-state index is 12.2. The number of morpholine rings is 1. The molecule has 1 saturated heterocycles. The molecule has 0 bridgehead atoms. The molecule has 5 nitrogen and oxygen atoms in total. The number of nitrogens with one attached hydrogen (secondary N) is 1. The smallest absolute Gasteiger partial charge is 0.239 e. The molecule has 2 fully saturated rings. The van der Waals surface area contributed by atoms with E-state index in [1.54, 1.807) is 0 Å². The second kappa shape index (κ2) is 6.87. The van der Waals surface area contributed by atoms with Crippen molar-refractivity contribution in [3.05, 3.63) is 0 Å². The van der Waals surface area contributed by atoms with Gasteiger partial charge in [0.2, 0.25) is 5.91 Å². The van der Waals surface area contributed by atoms with E-state index in [1.807, 2.05) is 0 Å². The maximum absolute atomic E-state index is 12.2. The Hall–Kier alpha value is -0.650. The van der Waals surface area contributed by atoms with Gasteiger partial charge in [-0.1, -0.05) is 13.8 Å². The van der Waals surface area contributed by atoms with Gasteiger partial charge >= 0.3 is 0 Å². The van der Waals surface area contributed by atoms with Gasteiger partial charge in [-0.25, -0.2) is 0 Å². The summed E-state index contributed by atoms with van der Waals surface area (Å²) in [7, 11) is 0. The van der Waals surface area contributed by atoms with E-state index >= 15 is 0 Å². The van der Waals surface area contributed by atoms with Crippen molar-refractivity contribution in [1.82, 2.24) is 10.2 Å². The van der Waals surface area contributed by atoms with E-state index in [4.69, 9.17) is 10.5 Å². The molecule has 0 aromatic carbocycles. The number of rotatable bonds is 7. The van der Waals surface area contributed by atoms with Gasteiger partial charge in [0.05, 0.1) is 13.2 Å². The highest BCUT2D eigenvalue weighted by Crippen LogP contribution is 2.22. The lowest BCUT2D eigenvalue weighted by Gasteiger charge is -2.35. The highest BCUT2D eigenvalue weighted by Gasteiger charge is 2.33. The molecule has 1 aliphatic heterocycles. The minimum absolute atomic E-state index is 0.106. The quantitative estimate of drug-likeness (QED) is 0.723. The second-order valence-corrected chi connectivity index (χ2v) is 6.88. The lowest BCUT2D eigenvalue weighted by molar-refractivity contribution is -0.132. The first-order valence-electron chi connectivity index (χ1n) is 7.84. The van der Waals surface area contributed by atoms with Crippen molar-refractivity contribution in [2.45, 2.75) is 51.6 Å². The zero-order valence-corrected chi connectivity index (χ0v) is 12.9. The van der Waals surface area contributed by atoms with E-state index in [0.29, 0.717) is 19.2 Å². The van der Waals surface area contributed by atoms with Crippen LogP contribution < -0.4 is 11.1 Å². The second-order valence-electron chi connectivity index (χ2n) is 6.88. The van der Waals surface area contributed by atoms with Crippen LogP contribution in [0, 0.1) is 5.41 Å². The average molecular weight is 283 g/mol. The van der Waals surface area contributed by atoms with Crippen LogP contribution in [0.4, 0.5) is 0 Å². The first-order valence-corrected chi connectivity index (χ1v) is 7.84. The van der Waals surface area contributed by atoms with Crippen LogP contribution in [0.15, 0.2) is 0 Å². The summed E-state index contributed by atoms with van der Waals surface area (Å²) in [4.78, 5) is 14.5. The van der Waals surface area contributed by atoms with Gasteiger partial charge in [0.25, 0.3) is 0 Å². The summed E-state index contributed by atoms with van der Waals surface area (Å²) >= 11 is 0. The first kappa shape index (κ1) is 15.7. The van der Waals surface area contributed by atoms with Crippen LogP contribution in [0.3, 0.4) is 0 Å². The number of ether oxygens (including phenoxy) is 1. The van der Waals surface area contributed by atoms with Gasteiger partial charge < -0.3 is 15.8 Å². The molecule has 1 heterocycles. The van der Waals surface area contributed by atoms with Gasteiger partial charge in [0, 0.05) is 12.6 Å². The Kier molecular flexibility index (Phi) is 5.41. The Morgan fingerprint density at radius 2 is 2.20 bits per heavy atom. The number of nitrogens with zero attached hydrogens (tertiary/aromatic N) is 1. The Balaban J connectivity index is 1.78. The molecule has 0 radical (unpaired) electrons. The van der Waals surface area contributed by atoms with Crippen LogP contribution in [0.25, 0.3) is 0 Å². The summed E-state index contributed by atoms with van der Waals surface area (Å²) in [5.74, 6) is 0.144. The van der Waals surface area contributed by atoms with Gasteiger partial charge in [-0.05, 0) is 44.2 Å². The van der Waals surface area contributed by atoms with E-state index in [9.17, 15) is 4.79 Å². The van der Waals surface area contributed by atoms with Crippen molar-refractivity contribution in [1.29, 1.82) is 0 Å². The van der Waals surface area contributed by atoms with Gasteiger partial charge in [-0.15, -0.1) is 0 Å².